The molecule has 2 aliphatic heterocycles. The number of aromatic amines is 1. The average Bonchev–Trinajstić information content (AvgIpc) is 3.11. The number of H-pyrrole nitrogens is 1. The van der Waals surface area contributed by atoms with E-state index in [1.54, 1.807) is 0 Å². The molecule has 0 bridgehead atoms. The summed E-state index contributed by atoms with van der Waals surface area (Å²) in [6.07, 6.45) is 1.89. The van der Waals surface area contributed by atoms with Gasteiger partial charge in [0.1, 0.15) is 25.1 Å². The van der Waals surface area contributed by atoms with Crippen molar-refractivity contribution in [2.24, 2.45) is 0 Å². The van der Waals surface area contributed by atoms with E-state index in [0.29, 0.717) is 19.8 Å². The molecular weight excluding hydrogens is 320 g/mol. The van der Waals surface area contributed by atoms with E-state index in [0.717, 1.165) is 55.6 Å². The zero-order chi connectivity index (χ0) is 17.1. The van der Waals surface area contributed by atoms with Gasteiger partial charge < -0.3 is 14.2 Å². The largest absolute Gasteiger partial charge is 0.486 e. The van der Waals surface area contributed by atoms with Crippen molar-refractivity contribution in [3.05, 3.63) is 35.4 Å². The lowest BCUT2D eigenvalue weighted by molar-refractivity contribution is -0.0371. The molecule has 0 aliphatic carbocycles. The van der Waals surface area contributed by atoms with Gasteiger partial charge in [-0.1, -0.05) is 13.0 Å². The molecule has 3 heterocycles. The summed E-state index contributed by atoms with van der Waals surface area (Å²) >= 11 is 0. The van der Waals surface area contributed by atoms with Crippen molar-refractivity contribution in [3.8, 4) is 11.5 Å². The Labute approximate surface area is 147 Å². The molecule has 4 rings (SSSR count). The van der Waals surface area contributed by atoms with E-state index in [1.165, 1.54) is 5.56 Å². The standard InChI is InChI=1S/C18H24N4O3/c1-2-3-17-19-18(21-20-17)16-12-22(6-7-23-16)11-13-4-5-14-15(10-13)25-9-8-24-14/h4-5,10,16H,2-3,6-9,11-12H2,1H3,(H,19,20,21)/t16-/m1/s1. The average molecular weight is 344 g/mol. The van der Waals surface area contributed by atoms with Gasteiger partial charge in [0, 0.05) is 26.1 Å². The third-order valence-electron chi connectivity index (χ3n) is 4.49. The van der Waals surface area contributed by atoms with Crippen LogP contribution in [0.25, 0.3) is 0 Å². The van der Waals surface area contributed by atoms with Crippen LogP contribution in [-0.4, -0.2) is 53.0 Å². The highest BCUT2D eigenvalue weighted by molar-refractivity contribution is 5.43. The first kappa shape index (κ1) is 16.4. The molecule has 1 fully saturated rings. The van der Waals surface area contributed by atoms with E-state index in [4.69, 9.17) is 14.2 Å². The molecule has 1 aromatic carbocycles. The van der Waals surface area contributed by atoms with Gasteiger partial charge >= 0.3 is 0 Å². The monoisotopic (exact) mass is 344 g/mol. The topological polar surface area (TPSA) is 72.5 Å². The molecule has 2 aliphatic rings. The van der Waals surface area contributed by atoms with Gasteiger partial charge in [0.15, 0.2) is 17.3 Å². The van der Waals surface area contributed by atoms with Gasteiger partial charge in [0.05, 0.1) is 6.61 Å². The van der Waals surface area contributed by atoms with Crippen LogP contribution in [-0.2, 0) is 17.7 Å². The van der Waals surface area contributed by atoms with Gasteiger partial charge in [-0.3, -0.25) is 10.00 Å². The number of aromatic nitrogens is 3. The summed E-state index contributed by atoms with van der Waals surface area (Å²) in [5.74, 6) is 3.37. The van der Waals surface area contributed by atoms with Crippen molar-refractivity contribution < 1.29 is 14.2 Å². The maximum absolute atomic E-state index is 5.88. The van der Waals surface area contributed by atoms with E-state index >= 15 is 0 Å². The predicted octanol–water partition coefficient (Wildman–Crippen LogP) is 2.10. The van der Waals surface area contributed by atoms with Crippen molar-refractivity contribution in [2.75, 3.05) is 32.9 Å². The summed E-state index contributed by atoms with van der Waals surface area (Å²) in [4.78, 5) is 6.94. The molecule has 7 nitrogen and oxygen atoms in total. The number of hydrogen-bond acceptors (Lipinski definition) is 6. The molecule has 1 saturated heterocycles. The van der Waals surface area contributed by atoms with E-state index in [9.17, 15) is 0 Å². The Balaban J connectivity index is 1.41. The van der Waals surface area contributed by atoms with Gasteiger partial charge in [-0.2, -0.15) is 5.10 Å². The first-order valence-electron chi connectivity index (χ1n) is 8.95. The highest BCUT2D eigenvalue weighted by Crippen LogP contribution is 2.31. The van der Waals surface area contributed by atoms with Crippen LogP contribution in [0.5, 0.6) is 11.5 Å². The van der Waals surface area contributed by atoms with E-state index in [-0.39, 0.29) is 6.10 Å². The number of nitrogens with one attached hydrogen (secondary N) is 1. The third-order valence-corrected chi connectivity index (χ3v) is 4.49. The Morgan fingerprint density at radius 2 is 2.08 bits per heavy atom. The van der Waals surface area contributed by atoms with E-state index in [2.05, 4.69) is 39.1 Å². The van der Waals surface area contributed by atoms with Crippen LogP contribution in [0.4, 0.5) is 0 Å². The van der Waals surface area contributed by atoms with Crippen molar-refractivity contribution in [1.29, 1.82) is 0 Å². The van der Waals surface area contributed by atoms with Crippen LogP contribution in [0.3, 0.4) is 0 Å². The molecule has 7 heteroatoms. The molecule has 1 aromatic heterocycles. The second kappa shape index (κ2) is 7.41. The quantitative estimate of drug-likeness (QED) is 0.896. The van der Waals surface area contributed by atoms with Gasteiger partial charge in [-0.15, -0.1) is 0 Å². The Morgan fingerprint density at radius 1 is 1.20 bits per heavy atom. The first-order chi connectivity index (χ1) is 12.3. The zero-order valence-corrected chi connectivity index (χ0v) is 14.5. The second-order valence-electron chi connectivity index (χ2n) is 6.46. The minimum atomic E-state index is -0.0761. The Kier molecular flexibility index (Phi) is 4.85. The number of benzene rings is 1. The van der Waals surface area contributed by atoms with Crippen LogP contribution in [0.2, 0.25) is 0 Å². The summed E-state index contributed by atoms with van der Waals surface area (Å²) in [6.45, 7) is 6.59. The maximum Gasteiger partial charge on any atom is 0.180 e. The summed E-state index contributed by atoms with van der Waals surface area (Å²) in [7, 11) is 0. The zero-order valence-electron chi connectivity index (χ0n) is 14.5. The Hall–Kier alpha value is -2.12. The number of fused-ring (bicyclic) bond motifs is 1. The third kappa shape index (κ3) is 3.77. The van der Waals surface area contributed by atoms with Crippen LogP contribution < -0.4 is 9.47 Å². The summed E-state index contributed by atoms with van der Waals surface area (Å²) in [5, 5.41) is 7.35. The summed E-state index contributed by atoms with van der Waals surface area (Å²) in [5.41, 5.74) is 1.21. The first-order valence-corrected chi connectivity index (χ1v) is 8.95. The number of hydrogen-bond donors (Lipinski definition) is 1. The molecule has 0 saturated carbocycles. The Bertz CT molecular complexity index is 718. The smallest absolute Gasteiger partial charge is 0.180 e. The normalized spacial score (nSPS) is 20.6. The number of rotatable bonds is 5. The molecule has 0 radical (unpaired) electrons. The van der Waals surface area contributed by atoms with Gasteiger partial charge in [-0.05, 0) is 24.1 Å². The fourth-order valence-corrected chi connectivity index (χ4v) is 3.25. The molecule has 2 aromatic rings. The highest BCUT2D eigenvalue weighted by atomic mass is 16.6. The van der Waals surface area contributed by atoms with Crippen LogP contribution in [0.1, 0.15) is 36.7 Å². The van der Waals surface area contributed by atoms with Gasteiger partial charge in [-0.25, -0.2) is 4.98 Å². The summed E-state index contributed by atoms with van der Waals surface area (Å²) < 4.78 is 17.1. The van der Waals surface area contributed by atoms with Crippen molar-refractivity contribution >= 4 is 0 Å². The molecule has 134 valence electrons. The fourth-order valence-electron chi connectivity index (χ4n) is 3.25. The van der Waals surface area contributed by atoms with Crippen LogP contribution >= 0.6 is 0 Å². The molecule has 1 N–H and O–H groups in total. The number of nitrogens with zero attached hydrogens (tertiary/aromatic N) is 3. The summed E-state index contributed by atoms with van der Waals surface area (Å²) in [6, 6.07) is 6.17. The maximum atomic E-state index is 5.88. The molecule has 0 unspecified atom stereocenters. The van der Waals surface area contributed by atoms with Crippen molar-refractivity contribution in [2.45, 2.75) is 32.4 Å². The lowest BCUT2D eigenvalue weighted by Crippen LogP contribution is -2.38. The fraction of sp³-hybridized carbons (Fsp3) is 0.556. The van der Waals surface area contributed by atoms with Crippen LogP contribution in [0, 0.1) is 0 Å². The predicted molar refractivity (Wildman–Crippen MR) is 91.8 cm³/mol. The molecule has 0 spiro atoms. The van der Waals surface area contributed by atoms with Crippen molar-refractivity contribution in [3.63, 3.8) is 0 Å². The number of aryl methyl sites for hydroxylation is 1. The van der Waals surface area contributed by atoms with Gasteiger partial charge in [0.25, 0.3) is 0 Å². The minimum Gasteiger partial charge on any atom is -0.486 e. The molecule has 25 heavy (non-hydrogen) atoms. The molecular formula is C18H24N4O3. The van der Waals surface area contributed by atoms with Crippen molar-refractivity contribution in [1.82, 2.24) is 20.1 Å². The lowest BCUT2D eigenvalue weighted by atomic mass is 10.1. The lowest BCUT2D eigenvalue weighted by Gasteiger charge is -2.31. The highest BCUT2D eigenvalue weighted by Gasteiger charge is 2.25. The SMILES string of the molecule is CCCc1nc([C@H]2CN(Cc3ccc4c(c3)OCCO4)CCO2)n[nH]1. The van der Waals surface area contributed by atoms with Crippen LogP contribution in [0.15, 0.2) is 18.2 Å². The van der Waals surface area contributed by atoms with E-state index < -0.39 is 0 Å². The molecule has 0 amide bonds. The minimum absolute atomic E-state index is 0.0761. The van der Waals surface area contributed by atoms with Gasteiger partial charge in [0.2, 0.25) is 0 Å². The number of ether oxygens (including phenoxy) is 3. The van der Waals surface area contributed by atoms with E-state index in [1.807, 2.05) is 6.07 Å². The second-order valence-corrected chi connectivity index (χ2v) is 6.46. The number of morpholine rings is 1. The molecule has 1 atom stereocenters. The Morgan fingerprint density at radius 3 is 2.96 bits per heavy atom.